The lowest BCUT2D eigenvalue weighted by Crippen LogP contribution is -2.40. The zero-order valence-corrected chi connectivity index (χ0v) is 13.1. The number of carboxylic acid groups (broad SMARTS) is 1. The molecule has 0 radical (unpaired) electrons. The van der Waals surface area contributed by atoms with Crippen LogP contribution in [0.5, 0.6) is 0 Å². The molecule has 0 saturated carbocycles. The normalized spacial score (nSPS) is 10.7. The van der Waals surface area contributed by atoms with Gasteiger partial charge in [-0.1, -0.05) is 30.3 Å². The summed E-state index contributed by atoms with van der Waals surface area (Å²) in [5.74, 6) is -0.578. The summed E-state index contributed by atoms with van der Waals surface area (Å²) < 4.78 is 0. The summed E-state index contributed by atoms with van der Waals surface area (Å²) in [6, 6.07) is 18.8. The highest BCUT2D eigenvalue weighted by atomic mass is 16.4. The highest BCUT2D eigenvalue weighted by molar-refractivity contribution is 5.85. The molecular weight excluding hydrogens is 304 g/mol. The minimum absolute atomic E-state index is 0.229. The fourth-order valence-electron chi connectivity index (χ4n) is 2.01. The van der Waals surface area contributed by atoms with E-state index in [2.05, 4.69) is 15.6 Å². The van der Waals surface area contributed by atoms with E-state index < -0.39 is 5.97 Å². The molecule has 0 saturated heterocycles. The molecule has 0 aromatic heterocycles. The van der Waals surface area contributed by atoms with Crippen LogP contribution in [0.25, 0.3) is 0 Å². The Bertz CT molecular complexity index is 734. The maximum absolute atomic E-state index is 10.8. The van der Waals surface area contributed by atoms with Gasteiger partial charge in [-0.15, -0.1) is 0 Å². The lowest BCUT2D eigenvalue weighted by Gasteiger charge is -2.11. The number of nitrogens with zero attached hydrogens (tertiary/aromatic N) is 2. The zero-order valence-electron chi connectivity index (χ0n) is 13.1. The quantitative estimate of drug-likeness (QED) is 0.558. The van der Waals surface area contributed by atoms with Crippen LogP contribution in [-0.2, 0) is 11.2 Å². The number of aliphatic imine (C=N–C) groups is 1. The van der Waals surface area contributed by atoms with Crippen LogP contribution in [0.4, 0.5) is 5.69 Å². The van der Waals surface area contributed by atoms with Crippen molar-refractivity contribution >= 4 is 17.6 Å². The van der Waals surface area contributed by atoms with Gasteiger partial charge in [0, 0.05) is 6.54 Å². The molecule has 122 valence electrons. The maximum Gasteiger partial charge on any atom is 0.322 e. The predicted octanol–water partition coefficient (Wildman–Crippen LogP) is 2.05. The first kappa shape index (κ1) is 17.0. The minimum atomic E-state index is -0.965. The van der Waals surface area contributed by atoms with Crippen LogP contribution in [-0.4, -0.2) is 30.1 Å². The number of carbonyl (C=O) groups is 1. The minimum Gasteiger partial charge on any atom is -0.480 e. The van der Waals surface area contributed by atoms with Crippen LogP contribution in [0.2, 0.25) is 0 Å². The molecule has 0 amide bonds. The third-order valence-electron chi connectivity index (χ3n) is 3.19. The van der Waals surface area contributed by atoms with Gasteiger partial charge in [-0.2, -0.15) is 5.26 Å². The Morgan fingerprint density at radius 2 is 1.79 bits per heavy atom. The molecular formula is C18H18N4O2. The molecule has 24 heavy (non-hydrogen) atoms. The Balaban J connectivity index is 2.01. The highest BCUT2D eigenvalue weighted by Crippen LogP contribution is 2.12. The molecule has 0 aliphatic heterocycles. The Morgan fingerprint density at radius 1 is 1.08 bits per heavy atom. The monoisotopic (exact) mass is 322 g/mol. The van der Waals surface area contributed by atoms with Crippen LogP contribution in [0.15, 0.2) is 59.6 Å². The van der Waals surface area contributed by atoms with E-state index in [1.54, 1.807) is 24.3 Å². The number of nitrogens with one attached hydrogen (secondary N) is 2. The maximum atomic E-state index is 10.8. The van der Waals surface area contributed by atoms with Crippen molar-refractivity contribution in [2.75, 3.05) is 13.1 Å². The van der Waals surface area contributed by atoms with Crippen LogP contribution < -0.4 is 10.6 Å². The van der Waals surface area contributed by atoms with E-state index in [1.165, 1.54) is 5.56 Å². The van der Waals surface area contributed by atoms with E-state index in [0.29, 0.717) is 23.8 Å². The van der Waals surface area contributed by atoms with Gasteiger partial charge in [0.1, 0.15) is 6.54 Å². The van der Waals surface area contributed by atoms with Crippen molar-refractivity contribution in [3.63, 3.8) is 0 Å². The van der Waals surface area contributed by atoms with E-state index in [1.807, 2.05) is 36.4 Å². The first-order valence-electron chi connectivity index (χ1n) is 7.49. The number of hydrogen-bond donors (Lipinski definition) is 3. The molecule has 0 spiro atoms. The summed E-state index contributed by atoms with van der Waals surface area (Å²) in [6.45, 7) is 0.388. The highest BCUT2D eigenvalue weighted by Gasteiger charge is 2.03. The van der Waals surface area contributed by atoms with E-state index in [4.69, 9.17) is 10.4 Å². The van der Waals surface area contributed by atoms with Crippen molar-refractivity contribution in [1.82, 2.24) is 10.6 Å². The molecule has 0 atom stereocenters. The standard InChI is InChI=1S/C18H18N4O2/c19-12-15-6-8-16(9-7-15)22-18(21-13-17(23)24)20-11-10-14-4-2-1-3-5-14/h1-9H,10-11,13H2,(H,23,24)(H2,20,21,22). The summed E-state index contributed by atoms with van der Waals surface area (Å²) in [7, 11) is 0. The number of carboxylic acids is 1. The number of benzene rings is 2. The van der Waals surface area contributed by atoms with Crippen molar-refractivity contribution in [3.8, 4) is 6.07 Å². The van der Waals surface area contributed by atoms with E-state index in [-0.39, 0.29) is 6.54 Å². The zero-order chi connectivity index (χ0) is 17.2. The number of hydrogen-bond acceptors (Lipinski definition) is 3. The average molecular weight is 322 g/mol. The van der Waals surface area contributed by atoms with Gasteiger partial charge >= 0.3 is 5.97 Å². The SMILES string of the molecule is N#Cc1ccc(N=C(NCCc2ccccc2)NCC(=O)O)cc1. The molecule has 2 aromatic rings. The van der Waals surface area contributed by atoms with Crippen LogP contribution in [0, 0.1) is 11.3 Å². The van der Waals surface area contributed by atoms with Gasteiger partial charge in [0.15, 0.2) is 5.96 Å². The van der Waals surface area contributed by atoms with Crippen molar-refractivity contribution < 1.29 is 9.90 Å². The molecule has 0 aliphatic rings. The van der Waals surface area contributed by atoms with Crippen molar-refractivity contribution in [2.24, 2.45) is 4.99 Å². The molecule has 2 aromatic carbocycles. The molecule has 0 fully saturated rings. The first-order chi connectivity index (χ1) is 11.7. The Morgan fingerprint density at radius 3 is 2.42 bits per heavy atom. The largest absolute Gasteiger partial charge is 0.480 e. The third kappa shape index (κ3) is 5.81. The van der Waals surface area contributed by atoms with Gasteiger partial charge in [-0.05, 0) is 36.2 Å². The molecule has 0 heterocycles. The summed E-state index contributed by atoms with van der Waals surface area (Å²) in [4.78, 5) is 15.1. The Kier molecular flexibility index (Phi) is 6.35. The van der Waals surface area contributed by atoms with Crippen molar-refractivity contribution in [1.29, 1.82) is 5.26 Å². The summed E-state index contributed by atoms with van der Waals surface area (Å²) in [5.41, 5.74) is 2.36. The van der Waals surface area contributed by atoms with Crippen LogP contribution in [0.1, 0.15) is 11.1 Å². The number of guanidine groups is 1. The van der Waals surface area contributed by atoms with Crippen molar-refractivity contribution in [3.05, 3.63) is 65.7 Å². The smallest absolute Gasteiger partial charge is 0.322 e. The summed E-state index contributed by atoms with van der Waals surface area (Å²) in [6.07, 6.45) is 0.794. The summed E-state index contributed by atoms with van der Waals surface area (Å²) >= 11 is 0. The van der Waals surface area contributed by atoms with Gasteiger partial charge < -0.3 is 15.7 Å². The lowest BCUT2D eigenvalue weighted by molar-refractivity contribution is -0.135. The topological polar surface area (TPSA) is 97.5 Å². The third-order valence-corrected chi connectivity index (χ3v) is 3.19. The second-order valence-electron chi connectivity index (χ2n) is 5.03. The molecule has 2 rings (SSSR count). The van der Waals surface area contributed by atoms with Crippen LogP contribution >= 0.6 is 0 Å². The Labute approximate surface area is 140 Å². The van der Waals surface area contributed by atoms with E-state index >= 15 is 0 Å². The second kappa shape index (κ2) is 8.96. The number of nitriles is 1. The molecule has 0 unspecified atom stereocenters. The molecule has 0 bridgehead atoms. The lowest BCUT2D eigenvalue weighted by atomic mass is 10.1. The predicted molar refractivity (Wildman–Crippen MR) is 92.0 cm³/mol. The molecule has 6 heteroatoms. The Hall–Kier alpha value is -3.33. The number of rotatable bonds is 6. The molecule has 0 aliphatic carbocycles. The van der Waals surface area contributed by atoms with Gasteiger partial charge in [0.2, 0.25) is 0 Å². The van der Waals surface area contributed by atoms with Gasteiger partial charge in [-0.25, -0.2) is 4.99 Å². The number of aliphatic carboxylic acids is 1. The van der Waals surface area contributed by atoms with Gasteiger partial charge in [0.25, 0.3) is 0 Å². The van der Waals surface area contributed by atoms with E-state index in [0.717, 1.165) is 6.42 Å². The van der Waals surface area contributed by atoms with Crippen molar-refractivity contribution in [2.45, 2.75) is 6.42 Å². The van der Waals surface area contributed by atoms with Gasteiger partial charge in [0.05, 0.1) is 17.3 Å². The van der Waals surface area contributed by atoms with Crippen LogP contribution in [0.3, 0.4) is 0 Å². The molecule has 6 nitrogen and oxygen atoms in total. The molecule has 3 N–H and O–H groups in total. The van der Waals surface area contributed by atoms with Gasteiger partial charge in [-0.3, -0.25) is 4.79 Å². The first-order valence-corrected chi connectivity index (χ1v) is 7.49. The fourth-order valence-corrected chi connectivity index (χ4v) is 2.01. The summed E-state index contributed by atoms with van der Waals surface area (Å²) in [5, 5.41) is 23.5. The van der Waals surface area contributed by atoms with E-state index in [9.17, 15) is 4.79 Å². The second-order valence-corrected chi connectivity index (χ2v) is 5.03. The average Bonchev–Trinajstić information content (AvgIpc) is 2.61. The fraction of sp³-hybridized carbons (Fsp3) is 0.167.